The molecule has 4 heteroatoms. The Labute approximate surface area is 89.5 Å². The number of nitrogens with one attached hydrogen (secondary N) is 2. The minimum atomic E-state index is 0.667. The average Bonchev–Trinajstić information content (AvgIpc) is 3.03. The van der Waals surface area contributed by atoms with Gasteiger partial charge in [-0.2, -0.15) is 0 Å². The highest BCUT2D eigenvalue weighted by molar-refractivity contribution is 5.48. The first-order chi connectivity index (χ1) is 7.43. The van der Waals surface area contributed by atoms with Gasteiger partial charge in [0.05, 0.1) is 5.69 Å². The second kappa shape index (κ2) is 3.77. The van der Waals surface area contributed by atoms with Gasteiger partial charge in [-0.3, -0.25) is 0 Å². The molecule has 4 nitrogen and oxygen atoms in total. The van der Waals surface area contributed by atoms with E-state index in [-0.39, 0.29) is 0 Å². The van der Waals surface area contributed by atoms with Gasteiger partial charge in [-0.1, -0.05) is 0 Å². The van der Waals surface area contributed by atoms with Gasteiger partial charge in [-0.05, 0) is 25.8 Å². The first-order valence-electron chi connectivity index (χ1n) is 5.73. The molecule has 2 aliphatic rings. The zero-order valence-corrected chi connectivity index (χ0v) is 8.79. The highest BCUT2D eigenvalue weighted by Crippen LogP contribution is 2.26. The molecule has 2 heterocycles. The van der Waals surface area contributed by atoms with E-state index < -0.39 is 0 Å². The van der Waals surface area contributed by atoms with E-state index >= 15 is 0 Å². The molecule has 0 aromatic carbocycles. The van der Waals surface area contributed by atoms with E-state index in [0.717, 1.165) is 31.7 Å². The van der Waals surface area contributed by atoms with E-state index in [2.05, 4.69) is 20.6 Å². The molecular weight excluding hydrogens is 188 g/mol. The van der Waals surface area contributed by atoms with Crippen molar-refractivity contribution < 1.29 is 0 Å². The number of hydrogen-bond donors (Lipinski definition) is 2. The molecule has 1 saturated carbocycles. The van der Waals surface area contributed by atoms with E-state index in [4.69, 9.17) is 0 Å². The van der Waals surface area contributed by atoms with Gasteiger partial charge in [0.1, 0.15) is 12.1 Å². The first kappa shape index (κ1) is 9.09. The largest absolute Gasteiger partial charge is 0.367 e. The molecule has 15 heavy (non-hydrogen) atoms. The zero-order valence-electron chi connectivity index (χ0n) is 8.79. The normalized spacial score (nSPS) is 20.5. The molecule has 1 aromatic heterocycles. The lowest BCUT2D eigenvalue weighted by Crippen LogP contribution is -2.16. The molecule has 0 atom stereocenters. The molecule has 0 spiro atoms. The van der Waals surface area contributed by atoms with Gasteiger partial charge in [-0.15, -0.1) is 0 Å². The topological polar surface area (TPSA) is 49.8 Å². The average molecular weight is 204 g/mol. The summed E-state index contributed by atoms with van der Waals surface area (Å²) in [4.78, 5) is 8.74. The number of rotatable bonds is 2. The Bertz CT molecular complexity index is 360. The number of fused-ring (bicyclic) bond motifs is 1. The molecule has 0 unspecified atom stereocenters. The maximum Gasteiger partial charge on any atom is 0.133 e. The van der Waals surface area contributed by atoms with Crippen molar-refractivity contribution in [3.63, 3.8) is 0 Å². The van der Waals surface area contributed by atoms with E-state index in [1.54, 1.807) is 6.33 Å². The molecule has 2 N–H and O–H groups in total. The Balaban J connectivity index is 1.91. The molecule has 1 aliphatic heterocycles. The fraction of sp³-hybridized carbons (Fsp3) is 0.636. The molecule has 0 saturated heterocycles. The highest BCUT2D eigenvalue weighted by atomic mass is 15.1. The summed E-state index contributed by atoms with van der Waals surface area (Å²) >= 11 is 0. The van der Waals surface area contributed by atoms with Gasteiger partial charge < -0.3 is 10.6 Å². The van der Waals surface area contributed by atoms with Crippen LogP contribution in [-0.2, 0) is 12.8 Å². The van der Waals surface area contributed by atoms with Crippen LogP contribution in [0.3, 0.4) is 0 Å². The summed E-state index contributed by atoms with van der Waals surface area (Å²) in [6.45, 7) is 2.08. The summed E-state index contributed by atoms with van der Waals surface area (Å²) in [5.74, 6) is 1.08. The summed E-state index contributed by atoms with van der Waals surface area (Å²) < 4.78 is 0. The van der Waals surface area contributed by atoms with Crippen LogP contribution in [0.2, 0.25) is 0 Å². The molecule has 1 fully saturated rings. The van der Waals surface area contributed by atoms with Crippen molar-refractivity contribution in [3.05, 3.63) is 17.6 Å². The maximum atomic E-state index is 4.38. The van der Waals surface area contributed by atoms with Crippen LogP contribution in [0.15, 0.2) is 6.33 Å². The fourth-order valence-corrected chi connectivity index (χ4v) is 2.02. The predicted octanol–water partition coefficient (Wildman–Crippen LogP) is 0.739. The van der Waals surface area contributed by atoms with Gasteiger partial charge in [0.2, 0.25) is 0 Å². The van der Waals surface area contributed by atoms with Crippen LogP contribution in [0, 0.1) is 0 Å². The van der Waals surface area contributed by atoms with Gasteiger partial charge in [0, 0.05) is 24.6 Å². The van der Waals surface area contributed by atoms with Gasteiger partial charge >= 0.3 is 0 Å². The van der Waals surface area contributed by atoms with Gasteiger partial charge in [0.25, 0.3) is 0 Å². The zero-order chi connectivity index (χ0) is 10.1. The quantitative estimate of drug-likeness (QED) is 0.746. The molecule has 1 aromatic rings. The van der Waals surface area contributed by atoms with E-state index in [0.29, 0.717) is 6.04 Å². The Morgan fingerprint density at radius 3 is 2.93 bits per heavy atom. The predicted molar refractivity (Wildman–Crippen MR) is 59.0 cm³/mol. The van der Waals surface area contributed by atoms with Crippen LogP contribution in [0.4, 0.5) is 5.82 Å². The molecule has 0 amide bonds. The van der Waals surface area contributed by atoms with Crippen molar-refractivity contribution >= 4 is 5.82 Å². The van der Waals surface area contributed by atoms with Crippen LogP contribution >= 0.6 is 0 Å². The minimum Gasteiger partial charge on any atom is -0.367 e. The Morgan fingerprint density at radius 2 is 2.07 bits per heavy atom. The fourth-order valence-electron chi connectivity index (χ4n) is 2.02. The van der Waals surface area contributed by atoms with Crippen molar-refractivity contribution in [1.82, 2.24) is 15.3 Å². The Kier molecular flexibility index (Phi) is 2.29. The van der Waals surface area contributed by atoms with Gasteiger partial charge in [-0.25, -0.2) is 9.97 Å². The van der Waals surface area contributed by atoms with Crippen molar-refractivity contribution in [2.75, 3.05) is 18.4 Å². The lowest BCUT2D eigenvalue weighted by atomic mass is 10.1. The molecule has 0 bridgehead atoms. The summed E-state index contributed by atoms with van der Waals surface area (Å²) in [6, 6.07) is 0.667. The summed E-state index contributed by atoms with van der Waals surface area (Å²) in [5, 5.41) is 6.89. The third kappa shape index (κ3) is 1.95. The smallest absolute Gasteiger partial charge is 0.133 e. The molecule has 3 rings (SSSR count). The van der Waals surface area contributed by atoms with Crippen LogP contribution in [0.1, 0.15) is 24.1 Å². The summed E-state index contributed by atoms with van der Waals surface area (Å²) in [7, 11) is 0. The van der Waals surface area contributed by atoms with E-state index in [1.165, 1.54) is 24.1 Å². The third-order valence-corrected chi connectivity index (χ3v) is 3.04. The first-order valence-corrected chi connectivity index (χ1v) is 5.73. The van der Waals surface area contributed by atoms with Gasteiger partial charge in [0.15, 0.2) is 0 Å². The SMILES string of the molecule is c1nc2c(c(NC3CC3)n1)CCNCC2. The van der Waals surface area contributed by atoms with Crippen LogP contribution < -0.4 is 10.6 Å². The monoisotopic (exact) mass is 204 g/mol. The Hall–Kier alpha value is -1.16. The lowest BCUT2D eigenvalue weighted by molar-refractivity contribution is 0.708. The Morgan fingerprint density at radius 1 is 1.20 bits per heavy atom. The van der Waals surface area contributed by atoms with Crippen LogP contribution in [0.5, 0.6) is 0 Å². The van der Waals surface area contributed by atoms with E-state index in [1.807, 2.05) is 0 Å². The van der Waals surface area contributed by atoms with Crippen molar-refractivity contribution in [3.8, 4) is 0 Å². The third-order valence-electron chi connectivity index (χ3n) is 3.04. The standard InChI is InChI=1S/C11H16N4/c1-2-8(1)15-11-9-3-5-12-6-4-10(9)13-7-14-11/h7-8,12H,1-6H2,(H,13,14,15). The summed E-state index contributed by atoms with van der Waals surface area (Å²) in [5.41, 5.74) is 2.55. The minimum absolute atomic E-state index is 0.667. The second-order valence-electron chi connectivity index (χ2n) is 4.32. The maximum absolute atomic E-state index is 4.38. The molecule has 0 radical (unpaired) electrons. The van der Waals surface area contributed by atoms with Crippen molar-refractivity contribution in [2.45, 2.75) is 31.7 Å². The van der Waals surface area contributed by atoms with Crippen molar-refractivity contribution in [1.29, 1.82) is 0 Å². The summed E-state index contributed by atoms with van der Waals surface area (Å²) in [6.07, 6.45) is 6.34. The van der Waals surface area contributed by atoms with Crippen molar-refractivity contribution in [2.24, 2.45) is 0 Å². The second-order valence-corrected chi connectivity index (χ2v) is 4.32. The lowest BCUT2D eigenvalue weighted by Gasteiger charge is -2.11. The molecule has 1 aliphatic carbocycles. The van der Waals surface area contributed by atoms with Crippen LogP contribution in [0.25, 0.3) is 0 Å². The number of nitrogens with zero attached hydrogens (tertiary/aromatic N) is 2. The molecule has 80 valence electrons. The molecular formula is C11H16N4. The van der Waals surface area contributed by atoms with E-state index in [9.17, 15) is 0 Å². The van der Waals surface area contributed by atoms with Crippen LogP contribution in [-0.4, -0.2) is 29.1 Å². The number of anilines is 1. The number of aromatic nitrogens is 2. The highest BCUT2D eigenvalue weighted by Gasteiger charge is 2.23. The number of hydrogen-bond acceptors (Lipinski definition) is 4.